The fraction of sp³-hybridized carbons (Fsp3) is 0.667. The van der Waals surface area contributed by atoms with Crippen molar-refractivity contribution in [3.63, 3.8) is 0 Å². The van der Waals surface area contributed by atoms with Crippen LogP contribution in [0.4, 0.5) is 0 Å². The zero-order valence-corrected chi connectivity index (χ0v) is 12.7. The molecular formula is C12H19N5O7. The van der Waals surface area contributed by atoms with Crippen molar-refractivity contribution in [2.24, 2.45) is 11.5 Å². The number of rotatable bonds is 6. The van der Waals surface area contributed by atoms with E-state index in [4.69, 9.17) is 20.9 Å². The lowest BCUT2D eigenvalue weighted by Crippen LogP contribution is -2.43. The molecule has 1 aromatic rings. The molecule has 0 aliphatic carbocycles. The van der Waals surface area contributed by atoms with Crippen LogP contribution in [-0.2, 0) is 14.3 Å². The molecule has 1 saturated heterocycles. The Morgan fingerprint density at radius 2 is 2.12 bits per heavy atom. The predicted octanol–water partition coefficient (Wildman–Crippen LogP) is -3.75. The Morgan fingerprint density at radius 1 is 1.46 bits per heavy atom. The lowest BCUT2D eigenvalue weighted by molar-refractivity contribution is -0.154. The van der Waals surface area contributed by atoms with Gasteiger partial charge >= 0.3 is 5.97 Å². The summed E-state index contributed by atoms with van der Waals surface area (Å²) in [6, 6.07) is -1.24. The molecule has 1 aliphatic rings. The maximum Gasteiger partial charge on any atom is 0.325 e. The van der Waals surface area contributed by atoms with E-state index < -0.39 is 55.2 Å². The Morgan fingerprint density at radius 3 is 2.67 bits per heavy atom. The van der Waals surface area contributed by atoms with Crippen molar-refractivity contribution in [1.82, 2.24) is 14.8 Å². The summed E-state index contributed by atoms with van der Waals surface area (Å²) in [7, 11) is 0. The predicted molar refractivity (Wildman–Crippen MR) is 75.1 cm³/mol. The highest BCUT2D eigenvalue weighted by Gasteiger charge is 2.45. The van der Waals surface area contributed by atoms with Gasteiger partial charge in [0.1, 0.15) is 37.3 Å². The normalized spacial score (nSPS) is 29.2. The van der Waals surface area contributed by atoms with E-state index in [1.54, 1.807) is 0 Å². The Bertz CT molecular complexity index is 606. The van der Waals surface area contributed by atoms with Gasteiger partial charge in [-0.25, -0.2) is 9.67 Å². The number of aromatic nitrogens is 3. The highest BCUT2D eigenvalue weighted by molar-refractivity contribution is 5.88. The van der Waals surface area contributed by atoms with Crippen molar-refractivity contribution in [3.8, 4) is 0 Å². The minimum Gasteiger partial charge on any atom is -0.462 e. The summed E-state index contributed by atoms with van der Waals surface area (Å²) in [5.74, 6) is -2.02. The first kappa shape index (κ1) is 18.2. The smallest absolute Gasteiger partial charge is 0.325 e. The molecule has 0 bridgehead atoms. The number of primary amides is 1. The Balaban J connectivity index is 1.99. The second-order valence-corrected chi connectivity index (χ2v) is 5.36. The zero-order valence-electron chi connectivity index (χ0n) is 12.7. The number of nitrogens with zero attached hydrogens (tertiary/aromatic N) is 3. The molecule has 0 spiro atoms. The third-order valence-corrected chi connectivity index (χ3v) is 3.51. The van der Waals surface area contributed by atoms with E-state index in [1.165, 1.54) is 6.92 Å². The Labute approximate surface area is 136 Å². The molecule has 24 heavy (non-hydrogen) atoms. The standard InChI is InChI=1S/C12H19N5O7/c1-4(18)6(13)12(22)23-2-5-7(19)8(20)11(24-5)17-3-15-10(16-17)9(14)21/h3-8,11,18-20H,2,13H2,1H3,(H2,14,21)/t4-,5+,6+,7+,8+,11+/m0/s1. The molecule has 12 heteroatoms. The summed E-state index contributed by atoms with van der Waals surface area (Å²) in [5.41, 5.74) is 10.4. The van der Waals surface area contributed by atoms with Gasteiger partial charge in [-0.1, -0.05) is 0 Å². The largest absolute Gasteiger partial charge is 0.462 e. The molecule has 1 aliphatic heterocycles. The van der Waals surface area contributed by atoms with Crippen LogP contribution in [0.25, 0.3) is 0 Å². The van der Waals surface area contributed by atoms with Crippen molar-refractivity contribution >= 4 is 11.9 Å². The van der Waals surface area contributed by atoms with Crippen LogP contribution in [0.1, 0.15) is 23.8 Å². The molecule has 1 fully saturated rings. The number of aliphatic hydroxyl groups excluding tert-OH is 3. The molecule has 1 aromatic heterocycles. The Hall–Kier alpha value is -2.12. The number of amides is 1. The quantitative estimate of drug-likeness (QED) is 0.319. The number of ether oxygens (including phenoxy) is 2. The maximum absolute atomic E-state index is 11.6. The van der Waals surface area contributed by atoms with Crippen molar-refractivity contribution in [2.75, 3.05) is 6.61 Å². The molecule has 0 unspecified atom stereocenters. The molecule has 134 valence electrons. The van der Waals surface area contributed by atoms with E-state index in [9.17, 15) is 24.9 Å². The minimum absolute atomic E-state index is 0.280. The third kappa shape index (κ3) is 3.68. The van der Waals surface area contributed by atoms with E-state index in [0.717, 1.165) is 11.0 Å². The van der Waals surface area contributed by atoms with Gasteiger partial charge in [0.25, 0.3) is 5.91 Å². The van der Waals surface area contributed by atoms with Crippen LogP contribution in [0.15, 0.2) is 6.33 Å². The zero-order chi connectivity index (χ0) is 18.0. The molecule has 1 amide bonds. The van der Waals surface area contributed by atoms with Gasteiger partial charge in [-0.3, -0.25) is 9.59 Å². The first-order chi connectivity index (χ1) is 11.2. The summed E-state index contributed by atoms with van der Waals surface area (Å²) in [5, 5.41) is 32.9. The van der Waals surface area contributed by atoms with Crippen LogP contribution < -0.4 is 11.5 Å². The first-order valence-corrected chi connectivity index (χ1v) is 7.05. The van der Waals surface area contributed by atoms with Gasteiger partial charge in [-0.2, -0.15) is 0 Å². The highest BCUT2D eigenvalue weighted by Crippen LogP contribution is 2.29. The second kappa shape index (κ2) is 7.19. The third-order valence-electron chi connectivity index (χ3n) is 3.51. The number of nitrogens with two attached hydrogens (primary N) is 2. The van der Waals surface area contributed by atoms with Crippen LogP contribution in [0.3, 0.4) is 0 Å². The highest BCUT2D eigenvalue weighted by atomic mass is 16.6. The van der Waals surface area contributed by atoms with E-state index in [2.05, 4.69) is 10.1 Å². The lowest BCUT2D eigenvalue weighted by Gasteiger charge is -2.17. The molecule has 0 aromatic carbocycles. The lowest BCUT2D eigenvalue weighted by atomic mass is 10.1. The number of hydrogen-bond acceptors (Lipinski definition) is 10. The van der Waals surface area contributed by atoms with Gasteiger partial charge in [0.05, 0.1) is 6.10 Å². The van der Waals surface area contributed by atoms with Gasteiger partial charge in [0.2, 0.25) is 5.82 Å². The molecule has 0 radical (unpaired) electrons. The molecule has 0 saturated carbocycles. The average molecular weight is 345 g/mol. The molecule has 2 rings (SSSR count). The average Bonchev–Trinajstić information content (AvgIpc) is 3.11. The van der Waals surface area contributed by atoms with Crippen molar-refractivity contribution in [3.05, 3.63) is 12.2 Å². The van der Waals surface area contributed by atoms with Crippen LogP contribution in [0.5, 0.6) is 0 Å². The van der Waals surface area contributed by atoms with E-state index >= 15 is 0 Å². The van der Waals surface area contributed by atoms with E-state index in [0.29, 0.717) is 0 Å². The molecular weight excluding hydrogens is 326 g/mol. The molecule has 12 nitrogen and oxygen atoms in total. The Kier molecular flexibility index (Phi) is 5.46. The fourth-order valence-electron chi connectivity index (χ4n) is 2.05. The van der Waals surface area contributed by atoms with Gasteiger partial charge < -0.3 is 36.3 Å². The van der Waals surface area contributed by atoms with Crippen molar-refractivity contribution in [2.45, 2.75) is 43.6 Å². The minimum atomic E-state index is -1.40. The molecule has 6 atom stereocenters. The van der Waals surface area contributed by atoms with E-state index in [-0.39, 0.29) is 5.82 Å². The van der Waals surface area contributed by atoms with Gasteiger partial charge in [-0.05, 0) is 6.92 Å². The maximum atomic E-state index is 11.6. The number of esters is 1. The van der Waals surface area contributed by atoms with Gasteiger partial charge in [0.15, 0.2) is 6.23 Å². The van der Waals surface area contributed by atoms with Crippen LogP contribution >= 0.6 is 0 Å². The first-order valence-electron chi connectivity index (χ1n) is 7.05. The number of hydrogen-bond donors (Lipinski definition) is 5. The van der Waals surface area contributed by atoms with Crippen molar-refractivity contribution < 1.29 is 34.4 Å². The molecule has 7 N–H and O–H groups in total. The second-order valence-electron chi connectivity index (χ2n) is 5.36. The van der Waals surface area contributed by atoms with Crippen LogP contribution in [0.2, 0.25) is 0 Å². The molecule has 2 heterocycles. The summed E-state index contributed by atoms with van der Waals surface area (Å²) in [4.78, 5) is 26.2. The number of carbonyl (C=O) groups excluding carboxylic acids is 2. The summed E-state index contributed by atoms with van der Waals surface area (Å²) in [6.45, 7) is 0.930. The fourth-order valence-corrected chi connectivity index (χ4v) is 2.05. The van der Waals surface area contributed by atoms with Crippen LogP contribution in [0, 0.1) is 0 Å². The number of carbonyl (C=O) groups is 2. The van der Waals surface area contributed by atoms with Gasteiger partial charge in [0, 0.05) is 0 Å². The topological polar surface area (TPSA) is 196 Å². The number of aliphatic hydroxyl groups is 3. The summed E-state index contributed by atoms with van der Waals surface area (Å²) < 4.78 is 11.3. The van der Waals surface area contributed by atoms with Crippen LogP contribution in [-0.4, -0.2) is 79.0 Å². The summed E-state index contributed by atoms with van der Waals surface area (Å²) >= 11 is 0. The SMILES string of the molecule is C[C@H](O)[C@@H](N)C(=O)OC[C@H]1O[C@@H](n2cnc(C(N)=O)n2)[C@H](O)[C@@H]1O. The van der Waals surface area contributed by atoms with E-state index in [1.807, 2.05) is 0 Å². The van der Waals surface area contributed by atoms with Crippen molar-refractivity contribution in [1.29, 1.82) is 0 Å². The van der Waals surface area contributed by atoms with Gasteiger partial charge in [-0.15, -0.1) is 5.10 Å². The summed E-state index contributed by atoms with van der Waals surface area (Å²) in [6.07, 6.45) is -4.98. The monoisotopic (exact) mass is 345 g/mol.